The Labute approximate surface area is 164 Å². The second-order valence-electron chi connectivity index (χ2n) is 6.87. The maximum absolute atomic E-state index is 12.5. The molecule has 0 bridgehead atoms. The molecule has 0 aromatic heterocycles. The number of carbonyl (C=O) groups is 2. The Hall–Kier alpha value is -3.26. The summed E-state index contributed by atoms with van der Waals surface area (Å²) in [5.41, 5.74) is 4.52. The van der Waals surface area contributed by atoms with Crippen LogP contribution in [0.1, 0.15) is 36.3 Å². The summed E-state index contributed by atoms with van der Waals surface area (Å²) in [5.74, 6) is 1.36. The van der Waals surface area contributed by atoms with Crippen molar-refractivity contribution in [3.05, 3.63) is 59.7 Å². The molecule has 0 saturated heterocycles. The number of carboxylic acid groups (broad SMARTS) is 1. The van der Waals surface area contributed by atoms with Gasteiger partial charge < -0.3 is 9.84 Å². The standard InChI is InChI=1S/C23H23NO4/c1-3-4-5-14-21(22(25)26)24(2)23(27)28-15-20-18-12-8-6-10-16(18)17-11-7-9-13-19(17)20/h1,6-13,20-21H,4-5,14-15H2,2H3,(H,25,26)/t21-/m1/s1. The van der Waals surface area contributed by atoms with Crippen LogP contribution in [-0.4, -0.2) is 41.8 Å². The third-order valence-corrected chi connectivity index (χ3v) is 5.18. The Morgan fingerprint density at radius 1 is 1.14 bits per heavy atom. The van der Waals surface area contributed by atoms with E-state index >= 15 is 0 Å². The molecule has 0 radical (unpaired) electrons. The molecular weight excluding hydrogens is 354 g/mol. The highest BCUT2D eigenvalue weighted by molar-refractivity contribution is 5.81. The number of rotatable bonds is 7. The Kier molecular flexibility index (Phi) is 6.00. The predicted molar refractivity (Wildman–Crippen MR) is 107 cm³/mol. The molecule has 1 aliphatic rings. The van der Waals surface area contributed by atoms with Crippen LogP contribution in [0, 0.1) is 12.3 Å². The van der Waals surface area contributed by atoms with E-state index in [-0.39, 0.29) is 12.5 Å². The minimum absolute atomic E-state index is 0.0607. The van der Waals surface area contributed by atoms with E-state index in [1.807, 2.05) is 36.4 Å². The summed E-state index contributed by atoms with van der Waals surface area (Å²) in [6.45, 7) is 0.161. The molecule has 0 spiro atoms. The lowest BCUT2D eigenvalue weighted by Gasteiger charge is -2.25. The van der Waals surface area contributed by atoms with Crippen LogP contribution >= 0.6 is 0 Å². The fraction of sp³-hybridized carbons (Fsp3) is 0.304. The summed E-state index contributed by atoms with van der Waals surface area (Å²) in [7, 11) is 1.45. The fourth-order valence-electron chi connectivity index (χ4n) is 3.70. The van der Waals surface area contributed by atoms with Gasteiger partial charge in [0.1, 0.15) is 12.6 Å². The number of carboxylic acids is 1. The number of nitrogens with zero attached hydrogens (tertiary/aromatic N) is 1. The van der Waals surface area contributed by atoms with Crippen molar-refractivity contribution in [2.75, 3.05) is 13.7 Å². The lowest BCUT2D eigenvalue weighted by Crippen LogP contribution is -2.43. The summed E-state index contributed by atoms with van der Waals surface area (Å²) < 4.78 is 5.52. The van der Waals surface area contributed by atoms with Crippen molar-refractivity contribution in [3.8, 4) is 23.5 Å². The number of amides is 1. The maximum Gasteiger partial charge on any atom is 0.410 e. The van der Waals surface area contributed by atoms with Crippen molar-refractivity contribution in [1.82, 2.24) is 4.90 Å². The Bertz CT molecular complexity index is 869. The van der Waals surface area contributed by atoms with Gasteiger partial charge in [0.25, 0.3) is 0 Å². The summed E-state index contributed by atoms with van der Waals surface area (Å²) in [4.78, 5) is 25.2. The second kappa shape index (κ2) is 8.62. The number of ether oxygens (including phenoxy) is 1. The zero-order valence-corrected chi connectivity index (χ0v) is 15.8. The first-order valence-corrected chi connectivity index (χ1v) is 9.28. The molecule has 2 aromatic carbocycles. The van der Waals surface area contributed by atoms with Crippen LogP contribution in [0.3, 0.4) is 0 Å². The van der Waals surface area contributed by atoms with Crippen LogP contribution in [0.5, 0.6) is 0 Å². The summed E-state index contributed by atoms with van der Waals surface area (Å²) >= 11 is 0. The zero-order valence-electron chi connectivity index (χ0n) is 15.8. The molecule has 5 nitrogen and oxygen atoms in total. The Morgan fingerprint density at radius 3 is 2.25 bits per heavy atom. The number of likely N-dealkylation sites (N-methyl/N-ethyl adjacent to an activating group) is 1. The average molecular weight is 377 g/mol. The van der Waals surface area contributed by atoms with Gasteiger partial charge in [0.05, 0.1) is 0 Å². The quantitative estimate of drug-likeness (QED) is 0.582. The van der Waals surface area contributed by atoms with E-state index < -0.39 is 18.1 Å². The lowest BCUT2D eigenvalue weighted by molar-refractivity contribution is -0.142. The molecular formula is C23H23NO4. The van der Waals surface area contributed by atoms with E-state index in [0.717, 1.165) is 27.2 Å². The van der Waals surface area contributed by atoms with Crippen LogP contribution in [-0.2, 0) is 9.53 Å². The molecule has 5 heteroatoms. The van der Waals surface area contributed by atoms with Crippen LogP contribution in [0.2, 0.25) is 0 Å². The van der Waals surface area contributed by atoms with Crippen molar-refractivity contribution in [3.63, 3.8) is 0 Å². The minimum atomic E-state index is -1.06. The largest absolute Gasteiger partial charge is 0.480 e. The van der Waals surface area contributed by atoms with Crippen molar-refractivity contribution in [2.24, 2.45) is 0 Å². The van der Waals surface area contributed by atoms with Crippen LogP contribution in [0.15, 0.2) is 48.5 Å². The third-order valence-electron chi connectivity index (χ3n) is 5.18. The van der Waals surface area contributed by atoms with Gasteiger partial charge in [-0.25, -0.2) is 9.59 Å². The predicted octanol–water partition coefficient (Wildman–Crippen LogP) is 4.12. The molecule has 0 fully saturated rings. The Morgan fingerprint density at radius 2 is 1.71 bits per heavy atom. The number of terminal acetylenes is 1. The van der Waals surface area contributed by atoms with Gasteiger partial charge in [-0.3, -0.25) is 4.90 Å². The van der Waals surface area contributed by atoms with E-state index in [2.05, 4.69) is 18.1 Å². The highest BCUT2D eigenvalue weighted by Gasteiger charge is 2.31. The fourth-order valence-corrected chi connectivity index (χ4v) is 3.70. The molecule has 0 aliphatic heterocycles. The molecule has 1 amide bonds. The second-order valence-corrected chi connectivity index (χ2v) is 6.87. The molecule has 144 valence electrons. The summed E-state index contributed by atoms with van der Waals surface area (Å²) in [6.07, 6.45) is 5.88. The smallest absolute Gasteiger partial charge is 0.410 e. The lowest BCUT2D eigenvalue weighted by atomic mass is 9.98. The van der Waals surface area contributed by atoms with Gasteiger partial charge in [-0.05, 0) is 35.1 Å². The summed E-state index contributed by atoms with van der Waals surface area (Å²) in [6, 6.07) is 15.2. The number of hydrogen-bond donors (Lipinski definition) is 1. The number of fused-ring (bicyclic) bond motifs is 3. The van der Waals surface area contributed by atoms with Crippen LogP contribution < -0.4 is 0 Å². The number of carbonyl (C=O) groups excluding carboxylic acids is 1. The SMILES string of the molecule is C#CCCC[C@H](C(=O)O)N(C)C(=O)OCC1c2ccccc2-c2ccccc21. The molecule has 1 atom stereocenters. The third kappa shape index (κ3) is 3.86. The highest BCUT2D eigenvalue weighted by atomic mass is 16.6. The van der Waals surface area contributed by atoms with Gasteiger partial charge in [0.15, 0.2) is 0 Å². The molecule has 1 aliphatic carbocycles. The number of benzene rings is 2. The molecule has 2 aromatic rings. The maximum atomic E-state index is 12.5. The van der Waals surface area contributed by atoms with Gasteiger partial charge in [-0.2, -0.15) is 0 Å². The summed E-state index contributed by atoms with van der Waals surface area (Å²) in [5, 5.41) is 9.43. The highest BCUT2D eigenvalue weighted by Crippen LogP contribution is 2.44. The molecule has 28 heavy (non-hydrogen) atoms. The van der Waals surface area contributed by atoms with Crippen molar-refractivity contribution < 1.29 is 19.4 Å². The topological polar surface area (TPSA) is 66.8 Å². The number of hydrogen-bond acceptors (Lipinski definition) is 3. The van der Waals surface area contributed by atoms with E-state index in [1.54, 1.807) is 0 Å². The molecule has 0 heterocycles. The first kappa shape index (κ1) is 19.5. The van der Waals surface area contributed by atoms with E-state index in [1.165, 1.54) is 7.05 Å². The van der Waals surface area contributed by atoms with Crippen LogP contribution in [0.4, 0.5) is 4.79 Å². The van der Waals surface area contributed by atoms with Gasteiger partial charge in [-0.15, -0.1) is 12.3 Å². The molecule has 0 saturated carbocycles. The van der Waals surface area contributed by atoms with Gasteiger partial charge in [0.2, 0.25) is 0 Å². The van der Waals surface area contributed by atoms with E-state index in [4.69, 9.17) is 11.2 Å². The molecule has 0 unspecified atom stereocenters. The van der Waals surface area contributed by atoms with E-state index in [9.17, 15) is 14.7 Å². The first-order valence-electron chi connectivity index (χ1n) is 9.28. The molecule has 3 rings (SSSR count). The number of aliphatic carboxylic acids is 1. The monoisotopic (exact) mass is 377 g/mol. The van der Waals surface area contributed by atoms with Crippen LogP contribution in [0.25, 0.3) is 11.1 Å². The number of unbranched alkanes of at least 4 members (excludes halogenated alkanes) is 1. The van der Waals surface area contributed by atoms with Gasteiger partial charge in [0, 0.05) is 19.4 Å². The average Bonchev–Trinajstić information content (AvgIpc) is 3.02. The first-order chi connectivity index (χ1) is 13.5. The van der Waals surface area contributed by atoms with Crippen molar-refractivity contribution in [2.45, 2.75) is 31.2 Å². The molecule has 1 N–H and O–H groups in total. The van der Waals surface area contributed by atoms with Crippen molar-refractivity contribution >= 4 is 12.1 Å². The zero-order chi connectivity index (χ0) is 20.1. The Balaban J connectivity index is 1.70. The van der Waals surface area contributed by atoms with Gasteiger partial charge in [-0.1, -0.05) is 48.5 Å². The van der Waals surface area contributed by atoms with Crippen molar-refractivity contribution in [1.29, 1.82) is 0 Å². The normalized spacial score (nSPS) is 13.1. The minimum Gasteiger partial charge on any atom is -0.480 e. The van der Waals surface area contributed by atoms with E-state index in [0.29, 0.717) is 19.3 Å². The van der Waals surface area contributed by atoms with Gasteiger partial charge >= 0.3 is 12.1 Å².